The maximum absolute atomic E-state index is 12.8. The van der Waals surface area contributed by atoms with E-state index in [0.717, 1.165) is 12.1 Å². The number of benzene rings is 1. The van der Waals surface area contributed by atoms with Crippen molar-refractivity contribution in [2.75, 3.05) is 7.11 Å². The van der Waals surface area contributed by atoms with Crippen LogP contribution in [0.25, 0.3) is 0 Å². The number of oxime groups is 1. The second-order valence-corrected chi connectivity index (χ2v) is 3.05. The van der Waals surface area contributed by atoms with Crippen LogP contribution in [0, 0.1) is 5.82 Å². The Balaban J connectivity index is 3.34. The lowest BCUT2D eigenvalue weighted by molar-refractivity contribution is -0.137. The summed E-state index contributed by atoms with van der Waals surface area (Å²) < 4.78 is 50.5. The van der Waals surface area contributed by atoms with Crippen molar-refractivity contribution in [1.29, 1.82) is 0 Å². The van der Waals surface area contributed by atoms with E-state index in [1.807, 2.05) is 0 Å². The third kappa shape index (κ3) is 2.71. The van der Waals surface area contributed by atoms with Gasteiger partial charge in [0.1, 0.15) is 12.9 Å². The first kappa shape index (κ1) is 12.5. The van der Waals surface area contributed by atoms with Crippen molar-refractivity contribution in [1.82, 2.24) is 0 Å². The topological polar surface area (TPSA) is 21.6 Å². The molecule has 88 valence electrons. The molecule has 0 saturated carbocycles. The summed E-state index contributed by atoms with van der Waals surface area (Å²) in [7, 11) is 1.22. The predicted octanol–water partition coefficient (Wildman–Crippen LogP) is 3.21. The standard InChI is InChI=1S/C10H9F4NO/c1-6(15-16-2)8-4-3-7(11)5-9(8)10(12,13)14/h3-5H,1-2H3/b15-6+. The molecule has 0 saturated heterocycles. The molecule has 0 bridgehead atoms. The maximum atomic E-state index is 12.8. The van der Waals surface area contributed by atoms with Crippen LogP contribution in [0.2, 0.25) is 0 Å². The van der Waals surface area contributed by atoms with Gasteiger partial charge in [0.25, 0.3) is 0 Å². The highest BCUT2D eigenvalue weighted by Gasteiger charge is 2.34. The predicted molar refractivity (Wildman–Crippen MR) is 50.6 cm³/mol. The van der Waals surface area contributed by atoms with Gasteiger partial charge in [0.05, 0.1) is 11.3 Å². The molecule has 0 aliphatic heterocycles. The first-order valence-corrected chi connectivity index (χ1v) is 4.31. The van der Waals surface area contributed by atoms with Gasteiger partial charge in [-0.2, -0.15) is 13.2 Å². The quantitative estimate of drug-likeness (QED) is 0.438. The van der Waals surface area contributed by atoms with Gasteiger partial charge in [-0.3, -0.25) is 0 Å². The fourth-order valence-electron chi connectivity index (χ4n) is 1.25. The van der Waals surface area contributed by atoms with Crippen LogP contribution in [0.15, 0.2) is 23.4 Å². The SMILES string of the molecule is CO/N=C(\C)c1ccc(F)cc1C(F)(F)F. The van der Waals surface area contributed by atoms with Crippen molar-refractivity contribution in [3.05, 3.63) is 35.1 Å². The molecule has 0 N–H and O–H groups in total. The molecule has 6 heteroatoms. The molecule has 0 fully saturated rings. The van der Waals surface area contributed by atoms with Crippen LogP contribution < -0.4 is 0 Å². The highest BCUT2D eigenvalue weighted by molar-refractivity contribution is 5.99. The van der Waals surface area contributed by atoms with Crippen LogP contribution in [0.1, 0.15) is 18.1 Å². The van der Waals surface area contributed by atoms with Gasteiger partial charge < -0.3 is 4.84 Å². The van der Waals surface area contributed by atoms with Crippen molar-refractivity contribution in [3.63, 3.8) is 0 Å². The van der Waals surface area contributed by atoms with E-state index in [-0.39, 0.29) is 11.3 Å². The van der Waals surface area contributed by atoms with Gasteiger partial charge in [-0.15, -0.1) is 0 Å². The van der Waals surface area contributed by atoms with Gasteiger partial charge in [-0.05, 0) is 25.1 Å². The molecule has 16 heavy (non-hydrogen) atoms. The number of alkyl halides is 3. The number of nitrogens with zero attached hydrogens (tertiary/aromatic N) is 1. The Kier molecular flexibility index (Phi) is 3.51. The Labute approximate surface area is 89.5 Å². The third-order valence-electron chi connectivity index (χ3n) is 1.91. The third-order valence-corrected chi connectivity index (χ3v) is 1.91. The normalized spacial score (nSPS) is 12.8. The second-order valence-electron chi connectivity index (χ2n) is 3.05. The summed E-state index contributed by atoms with van der Waals surface area (Å²) in [6.45, 7) is 1.35. The molecule has 0 amide bonds. The lowest BCUT2D eigenvalue weighted by atomic mass is 10.0. The molecule has 0 atom stereocenters. The van der Waals surface area contributed by atoms with E-state index in [4.69, 9.17) is 0 Å². The van der Waals surface area contributed by atoms with E-state index in [2.05, 4.69) is 9.99 Å². The fourth-order valence-corrected chi connectivity index (χ4v) is 1.25. The van der Waals surface area contributed by atoms with Crippen molar-refractivity contribution in [2.24, 2.45) is 5.16 Å². The molecule has 0 aliphatic rings. The largest absolute Gasteiger partial charge is 0.417 e. The summed E-state index contributed by atoms with van der Waals surface area (Å²) in [5, 5.41) is 3.39. The van der Waals surface area contributed by atoms with Gasteiger partial charge in [0, 0.05) is 5.56 Å². The zero-order chi connectivity index (χ0) is 12.3. The van der Waals surface area contributed by atoms with Crippen LogP contribution in [-0.4, -0.2) is 12.8 Å². The number of halogens is 4. The number of hydrogen-bond acceptors (Lipinski definition) is 2. The molecule has 0 radical (unpaired) electrons. The Bertz CT molecular complexity index is 412. The van der Waals surface area contributed by atoms with Crippen LogP contribution >= 0.6 is 0 Å². The molecule has 2 nitrogen and oxygen atoms in total. The highest BCUT2D eigenvalue weighted by atomic mass is 19.4. The summed E-state index contributed by atoms with van der Waals surface area (Å²) in [5.41, 5.74) is -1.23. The Hall–Kier alpha value is -1.59. The molecule has 1 rings (SSSR count). The first-order valence-electron chi connectivity index (χ1n) is 4.31. The van der Waals surface area contributed by atoms with E-state index >= 15 is 0 Å². The van der Waals surface area contributed by atoms with Crippen LogP contribution in [0.4, 0.5) is 17.6 Å². The summed E-state index contributed by atoms with van der Waals surface area (Å²) in [6.07, 6.45) is -4.62. The molecule has 1 aromatic carbocycles. The average Bonchev–Trinajstić information content (AvgIpc) is 2.16. The van der Waals surface area contributed by atoms with E-state index < -0.39 is 17.6 Å². The Morgan fingerprint density at radius 1 is 1.31 bits per heavy atom. The molecule has 1 aromatic rings. The minimum Gasteiger partial charge on any atom is -0.399 e. The minimum absolute atomic E-state index is 0.0369. The lowest BCUT2D eigenvalue weighted by Gasteiger charge is -2.12. The van der Waals surface area contributed by atoms with Gasteiger partial charge in [0.2, 0.25) is 0 Å². The van der Waals surface area contributed by atoms with Gasteiger partial charge >= 0.3 is 6.18 Å². The Morgan fingerprint density at radius 3 is 2.44 bits per heavy atom. The molecule has 0 heterocycles. The summed E-state index contributed by atoms with van der Waals surface area (Å²) >= 11 is 0. The number of rotatable bonds is 2. The molecule has 0 aromatic heterocycles. The fraction of sp³-hybridized carbons (Fsp3) is 0.300. The van der Waals surface area contributed by atoms with Crippen LogP contribution in [-0.2, 0) is 11.0 Å². The van der Waals surface area contributed by atoms with E-state index in [1.165, 1.54) is 14.0 Å². The second kappa shape index (κ2) is 4.51. The van der Waals surface area contributed by atoms with Crippen LogP contribution in [0.3, 0.4) is 0 Å². The summed E-state index contributed by atoms with van der Waals surface area (Å²) in [4.78, 5) is 4.38. The van der Waals surface area contributed by atoms with E-state index in [9.17, 15) is 17.6 Å². The molecular weight excluding hydrogens is 226 g/mol. The first-order chi connectivity index (χ1) is 7.36. The molecule has 0 spiro atoms. The molecular formula is C10H9F4NO. The molecule has 0 aliphatic carbocycles. The maximum Gasteiger partial charge on any atom is 0.417 e. The summed E-state index contributed by atoms with van der Waals surface area (Å²) in [6, 6.07) is 2.40. The lowest BCUT2D eigenvalue weighted by Crippen LogP contribution is -2.12. The van der Waals surface area contributed by atoms with E-state index in [0.29, 0.717) is 6.07 Å². The van der Waals surface area contributed by atoms with Gasteiger partial charge in [-0.1, -0.05) is 5.16 Å². The van der Waals surface area contributed by atoms with Crippen molar-refractivity contribution >= 4 is 5.71 Å². The minimum atomic E-state index is -4.62. The van der Waals surface area contributed by atoms with Crippen molar-refractivity contribution < 1.29 is 22.4 Å². The summed E-state index contributed by atoms with van der Waals surface area (Å²) in [5.74, 6) is -0.943. The smallest absolute Gasteiger partial charge is 0.399 e. The zero-order valence-electron chi connectivity index (χ0n) is 8.60. The Morgan fingerprint density at radius 2 is 1.94 bits per heavy atom. The van der Waals surface area contributed by atoms with Gasteiger partial charge in [-0.25, -0.2) is 4.39 Å². The van der Waals surface area contributed by atoms with Crippen molar-refractivity contribution in [3.8, 4) is 0 Å². The van der Waals surface area contributed by atoms with E-state index in [1.54, 1.807) is 0 Å². The van der Waals surface area contributed by atoms with Crippen molar-refractivity contribution in [2.45, 2.75) is 13.1 Å². The van der Waals surface area contributed by atoms with Crippen LogP contribution in [0.5, 0.6) is 0 Å². The zero-order valence-corrected chi connectivity index (χ0v) is 8.60. The molecule has 0 unspecified atom stereocenters. The average molecular weight is 235 g/mol. The highest BCUT2D eigenvalue weighted by Crippen LogP contribution is 2.32. The monoisotopic (exact) mass is 235 g/mol. The van der Waals surface area contributed by atoms with Gasteiger partial charge in [0.15, 0.2) is 0 Å². The number of hydrogen-bond donors (Lipinski definition) is 0.